The summed E-state index contributed by atoms with van der Waals surface area (Å²) in [4.78, 5) is 3.39. The first-order valence-corrected chi connectivity index (χ1v) is 15.9. The molecule has 1 aliphatic carbocycles. The molecule has 0 amide bonds. The number of benzene rings is 2. The van der Waals surface area contributed by atoms with E-state index in [9.17, 15) is 0 Å². The van der Waals surface area contributed by atoms with Crippen molar-refractivity contribution in [2.45, 2.75) is 93.4 Å². The molecule has 2 heteroatoms. The SMILES string of the molecule is C=C(Cc1cc(C)c(C)cc1CC)C(C)/C=C(\SC)c1ccc2c(c1)CCCCC2.C=CN(C)CC.CC. The van der Waals surface area contributed by atoms with Crippen molar-refractivity contribution in [3.63, 3.8) is 0 Å². The highest BCUT2D eigenvalue weighted by Gasteiger charge is 2.13. The molecule has 0 N–H and O–H groups in total. The monoisotopic (exact) mass is 533 g/mol. The Balaban J connectivity index is 0.000000795. The zero-order valence-electron chi connectivity index (χ0n) is 26.0. The van der Waals surface area contributed by atoms with Gasteiger partial charge in [-0.3, -0.25) is 0 Å². The van der Waals surface area contributed by atoms with Crippen LogP contribution in [0.3, 0.4) is 0 Å². The Hall–Kier alpha value is -2.19. The minimum absolute atomic E-state index is 0.359. The van der Waals surface area contributed by atoms with Gasteiger partial charge < -0.3 is 4.90 Å². The van der Waals surface area contributed by atoms with E-state index >= 15 is 0 Å². The fraction of sp³-hybridized carbons (Fsp3) is 0.500. The van der Waals surface area contributed by atoms with E-state index in [1.807, 2.05) is 37.6 Å². The van der Waals surface area contributed by atoms with E-state index in [0.29, 0.717) is 5.92 Å². The summed E-state index contributed by atoms with van der Waals surface area (Å²) in [5, 5.41) is 0. The van der Waals surface area contributed by atoms with Gasteiger partial charge in [0.2, 0.25) is 0 Å². The molecule has 0 saturated carbocycles. The molecular weight excluding hydrogens is 478 g/mol. The van der Waals surface area contributed by atoms with Gasteiger partial charge in [-0.1, -0.05) is 89.3 Å². The highest BCUT2D eigenvalue weighted by atomic mass is 32.2. The number of aryl methyl sites for hydroxylation is 5. The van der Waals surface area contributed by atoms with Crippen LogP contribution in [0.4, 0.5) is 0 Å². The van der Waals surface area contributed by atoms with Crippen molar-refractivity contribution in [2.75, 3.05) is 19.8 Å². The molecule has 0 saturated heterocycles. The average molecular weight is 534 g/mol. The summed E-state index contributed by atoms with van der Waals surface area (Å²) >= 11 is 1.86. The average Bonchev–Trinajstić information content (AvgIpc) is 3.19. The van der Waals surface area contributed by atoms with Gasteiger partial charge in [0.05, 0.1) is 0 Å². The van der Waals surface area contributed by atoms with Crippen LogP contribution in [0.1, 0.15) is 92.8 Å². The fourth-order valence-electron chi connectivity index (χ4n) is 4.65. The molecule has 2 aromatic carbocycles. The van der Waals surface area contributed by atoms with Gasteiger partial charge in [-0.15, -0.1) is 11.8 Å². The van der Waals surface area contributed by atoms with Crippen LogP contribution in [0.15, 0.2) is 61.3 Å². The van der Waals surface area contributed by atoms with Gasteiger partial charge >= 0.3 is 0 Å². The van der Waals surface area contributed by atoms with Crippen molar-refractivity contribution in [2.24, 2.45) is 5.92 Å². The van der Waals surface area contributed by atoms with Crippen LogP contribution in [-0.2, 0) is 25.7 Å². The summed E-state index contributed by atoms with van der Waals surface area (Å²) in [7, 11) is 1.99. The van der Waals surface area contributed by atoms with Crippen LogP contribution in [0.5, 0.6) is 0 Å². The first kappa shape index (κ1) is 33.8. The van der Waals surface area contributed by atoms with Crippen molar-refractivity contribution in [3.05, 3.63) is 100 Å². The van der Waals surface area contributed by atoms with Gasteiger partial charge in [-0.25, -0.2) is 0 Å². The van der Waals surface area contributed by atoms with E-state index in [4.69, 9.17) is 0 Å². The predicted molar refractivity (Wildman–Crippen MR) is 176 cm³/mol. The maximum atomic E-state index is 4.49. The smallest absolute Gasteiger partial charge is 0.0140 e. The molecule has 210 valence electrons. The Bertz CT molecular complexity index is 1050. The lowest BCUT2D eigenvalue weighted by Gasteiger charge is -2.17. The largest absolute Gasteiger partial charge is 0.381 e. The molecule has 0 aromatic heterocycles. The summed E-state index contributed by atoms with van der Waals surface area (Å²) in [6.45, 7) is 24.2. The molecule has 3 rings (SSSR count). The van der Waals surface area contributed by atoms with E-state index in [1.165, 1.54) is 70.4 Å². The zero-order valence-corrected chi connectivity index (χ0v) is 26.9. The quantitative estimate of drug-likeness (QED) is 0.233. The zero-order chi connectivity index (χ0) is 28.7. The van der Waals surface area contributed by atoms with Gasteiger partial charge in [-0.2, -0.15) is 0 Å². The first-order chi connectivity index (χ1) is 18.2. The Morgan fingerprint density at radius 3 is 2.11 bits per heavy atom. The third-order valence-corrected chi connectivity index (χ3v) is 8.38. The van der Waals surface area contributed by atoms with Crippen molar-refractivity contribution in [1.29, 1.82) is 0 Å². The molecular formula is C36H55NS. The molecule has 38 heavy (non-hydrogen) atoms. The summed E-state index contributed by atoms with van der Waals surface area (Å²) in [5.41, 5.74) is 11.5. The highest BCUT2D eigenvalue weighted by Crippen LogP contribution is 2.32. The van der Waals surface area contributed by atoms with Gasteiger partial charge in [0, 0.05) is 18.5 Å². The van der Waals surface area contributed by atoms with E-state index in [2.05, 4.69) is 90.4 Å². The second-order valence-electron chi connectivity index (χ2n) is 10.2. The van der Waals surface area contributed by atoms with E-state index in [1.54, 1.807) is 17.3 Å². The summed E-state index contributed by atoms with van der Waals surface area (Å²) < 4.78 is 0. The minimum Gasteiger partial charge on any atom is -0.381 e. The lowest BCUT2D eigenvalue weighted by Crippen LogP contribution is -2.06. The fourth-order valence-corrected chi connectivity index (χ4v) is 5.36. The maximum Gasteiger partial charge on any atom is 0.0140 e. The van der Waals surface area contributed by atoms with Crippen LogP contribution >= 0.6 is 11.8 Å². The van der Waals surface area contributed by atoms with Gasteiger partial charge in [0.25, 0.3) is 0 Å². The number of hydrogen-bond donors (Lipinski definition) is 0. The van der Waals surface area contributed by atoms with Crippen LogP contribution < -0.4 is 0 Å². The third-order valence-electron chi connectivity index (χ3n) is 7.57. The molecule has 2 aromatic rings. The molecule has 1 nitrogen and oxygen atoms in total. The number of hydrogen-bond acceptors (Lipinski definition) is 2. The van der Waals surface area contributed by atoms with E-state index in [-0.39, 0.29) is 0 Å². The van der Waals surface area contributed by atoms with Gasteiger partial charge in [-0.05, 0) is 117 Å². The molecule has 0 radical (unpaired) electrons. The molecule has 0 spiro atoms. The molecule has 1 atom stereocenters. The Morgan fingerprint density at radius 2 is 1.58 bits per heavy atom. The van der Waals surface area contributed by atoms with Crippen molar-refractivity contribution >= 4 is 16.7 Å². The molecule has 1 aliphatic rings. The normalized spacial score (nSPS) is 13.6. The number of thioether (sulfide) groups is 1. The van der Waals surface area contributed by atoms with Gasteiger partial charge in [0.1, 0.15) is 0 Å². The van der Waals surface area contributed by atoms with E-state index < -0.39 is 0 Å². The van der Waals surface area contributed by atoms with Crippen LogP contribution in [-0.4, -0.2) is 24.7 Å². The number of fused-ring (bicyclic) bond motifs is 1. The number of allylic oxidation sites excluding steroid dienone is 2. The molecule has 0 bridgehead atoms. The molecule has 0 aliphatic heterocycles. The van der Waals surface area contributed by atoms with Crippen molar-refractivity contribution < 1.29 is 0 Å². The van der Waals surface area contributed by atoms with Gasteiger partial charge in [0.15, 0.2) is 0 Å². The number of rotatable bonds is 9. The highest BCUT2D eigenvalue weighted by molar-refractivity contribution is 8.07. The van der Waals surface area contributed by atoms with E-state index in [0.717, 1.165) is 19.4 Å². The Morgan fingerprint density at radius 1 is 0.974 bits per heavy atom. The second kappa shape index (κ2) is 18.2. The second-order valence-corrected chi connectivity index (χ2v) is 11.1. The standard InChI is InChI=1S/C29H38S.C5H11N.C2H6/c1-7-24-15-20(2)21(3)16-28(24)17-22(4)23(5)18-29(30-6)27-14-13-25-11-9-8-10-12-26(25)19-27;1-4-6(3)5-2;1-2/h13-16,18-19,23H,4,7-12,17H2,1-3,5-6H3;4H,1,5H2,2-3H3;1-2H3/b29-18-;;. The van der Waals surface area contributed by atoms with Crippen LogP contribution in [0.2, 0.25) is 0 Å². The van der Waals surface area contributed by atoms with Crippen LogP contribution in [0, 0.1) is 19.8 Å². The molecule has 1 unspecified atom stereocenters. The summed E-state index contributed by atoms with van der Waals surface area (Å²) in [5.74, 6) is 0.359. The third kappa shape index (κ3) is 10.5. The topological polar surface area (TPSA) is 3.24 Å². The van der Waals surface area contributed by atoms with Crippen LogP contribution in [0.25, 0.3) is 4.91 Å². The summed E-state index contributed by atoms with van der Waals surface area (Å²) in [6, 6.07) is 11.9. The maximum absolute atomic E-state index is 4.49. The summed E-state index contributed by atoms with van der Waals surface area (Å²) in [6.07, 6.45) is 15.0. The number of nitrogens with zero attached hydrogens (tertiary/aromatic N) is 1. The Labute approximate surface area is 240 Å². The molecule has 0 fully saturated rings. The molecule has 0 heterocycles. The minimum atomic E-state index is 0.359. The van der Waals surface area contributed by atoms with Crippen molar-refractivity contribution in [1.82, 2.24) is 4.90 Å². The lowest BCUT2D eigenvalue weighted by atomic mass is 9.89. The predicted octanol–water partition coefficient (Wildman–Crippen LogP) is 10.4. The first-order valence-electron chi connectivity index (χ1n) is 14.7. The Kier molecular flexibility index (Phi) is 16.2. The van der Waals surface area contributed by atoms with Crippen molar-refractivity contribution in [3.8, 4) is 0 Å². The lowest BCUT2D eigenvalue weighted by molar-refractivity contribution is 0.486.